The third kappa shape index (κ3) is 3.08. The summed E-state index contributed by atoms with van der Waals surface area (Å²) in [7, 11) is 1.60. The molecule has 3 nitrogen and oxygen atoms in total. The quantitative estimate of drug-likeness (QED) is 0.829. The van der Waals surface area contributed by atoms with E-state index in [1.807, 2.05) is 42.5 Å². The summed E-state index contributed by atoms with van der Waals surface area (Å²) in [4.78, 5) is 0. The first-order chi connectivity index (χ1) is 8.69. The fraction of sp³-hybridized carbons (Fsp3) is 0.143. The number of ether oxygens (including phenoxy) is 1. The number of methoxy groups -OCH3 is 1. The SMILES string of the molecule is COc1ccc(NCc2cccc(N)c2)cc1Cl. The average molecular weight is 263 g/mol. The number of anilines is 2. The maximum atomic E-state index is 6.05. The van der Waals surface area contributed by atoms with Gasteiger partial charge in [-0.05, 0) is 35.9 Å². The number of hydrogen-bond acceptors (Lipinski definition) is 3. The van der Waals surface area contributed by atoms with Gasteiger partial charge in [0, 0.05) is 17.9 Å². The molecule has 0 spiro atoms. The number of nitrogens with two attached hydrogens (primary N) is 1. The Morgan fingerprint density at radius 1 is 1.22 bits per heavy atom. The minimum Gasteiger partial charge on any atom is -0.495 e. The van der Waals surface area contributed by atoms with Crippen LogP contribution < -0.4 is 15.8 Å². The largest absolute Gasteiger partial charge is 0.495 e. The van der Waals surface area contributed by atoms with Gasteiger partial charge in [0.25, 0.3) is 0 Å². The molecule has 0 radical (unpaired) electrons. The number of rotatable bonds is 4. The van der Waals surface area contributed by atoms with Gasteiger partial charge in [-0.3, -0.25) is 0 Å². The lowest BCUT2D eigenvalue weighted by Gasteiger charge is -2.09. The average Bonchev–Trinajstić information content (AvgIpc) is 2.37. The van der Waals surface area contributed by atoms with Gasteiger partial charge in [0.15, 0.2) is 0 Å². The summed E-state index contributed by atoms with van der Waals surface area (Å²) in [6, 6.07) is 13.4. The molecular weight excluding hydrogens is 248 g/mol. The van der Waals surface area contributed by atoms with E-state index in [0.717, 1.165) is 16.9 Å². The molecule has 4 heteroatoms. The fourth-order valence-electron chi connectivity index (χ4n) is 1.68. The number of hydrogen-bond donors (Lipinski definition) is 2. The van der Waals surface area contributed by atoms with Crippen molar-refractivity contribution in [3.8, 4) is 5.75 Å². The zero-order valence-electron chi connectivity index (χ0n) is 10.1. The Hall–Kier alpha value is -1.87. The molecule has 0 aliphatic rings. The standard InChI is InChI=1S/C14H15ClN2O/c1-18-14-6-5-12(8-13(14)15)17-9-10-3-2-4-11(16)7-10/h2-8,17H,9,16H2,1H3. The molecule has 2 rings (SSSR count). The van der Waals surface area contributed by atoms with Crippen LogP contribution >= 0.6 is 11.6 Å². The summed E-state index contributed by atoms with van der Waals surface area (Å²) in [6.07, 6.45) is 0. The Morgan fingerprint density at radius 2 is 2.06 bits per heavy atom. The first kappa shape index (κ1) is 12.6. The van der Waals surface area contributed by atoms with Gasteiger partial charge in [-0.25, -0.2) is 0 Å². The van der Waals surface area contributed by atoms with E-state index in [1.165, 1.54) is 0 Å². The second kappa shape index (κ2) is 5.65. The highest BCUT2D eigenvalue weighted by Crippen LogP contribution is 2.27. The first-order valence-corrected chi connectivity index (χ1v) is 5.98. The van der Waals surface area contributed by atoms with Crippen LogP contribution in [0.5, 0.6) is 5.75 Å². The maximum absolute atomic E-state index is 6.05. The van der Waals surface area contributed by atoms with Gasteiger partial charge in [-0.1, -0.05) is 23.7 Å². The van der Waals surface area contributed by atoms with E-state index in [9.17, 15) is 0 Å². The van der Waals surface area contributed by atoms with Crippen LogP contribution in [0.4, 0.5) is 11.4 Å². The van der Waals surface area contributed by atoms with Gasteiger partial charge >= 0.3 is 0 Å². The zero-order valence-corrected chi connectivity index (χ0v) is 10.9. The lowest BCUT2D eigenvalue weighted by Crippen LogP contribution is -2.00. The van der Waals surface area contributed by atoms with Crippen molar-refractivity contribution in [1.29, 1.82) is 0 Å². The monoisotopic (exact) mass is 262 g/mol. The van der Waals surface area contributed by atoms with Crippen molar-refractivity contribution in [2.24, 2.45) is 0 Å². The number of nitrogen functional groups attached to an aromatic ring is 1. The second-order valence-electron chi connectivity index (χ2n) is 3.95. The molecule has 0 aromatic heterocycles. The second-order valence-corrected chi connectivity index (χ2v) is 4.36. The molecule has 0 heterocycles. The predicted molar refractivity (Wildman–Crippen MR) is 76.2 cm³/mol. The fourth-order valence-corrected chi connectivity index (χ4v) is 1.94. The highest BCUT2D eigenvalue weighted by molar-refractivity contribution is 6.32. The van der Waals surface area contributed by atoms with Gasteiger partial charge in [-0.15, -0.1) is 0 Å². The van der Waals surface area contributed by atoms with Crippen LogP contribution in [0.1, 0.15) is 5.56 Å². The molecule has 2 aromatic rings. The summed E-state index contributed by atoms with van der Waals surface area (Å²) < 4.78 is 5.10. The van der Waals surface area contributed by atoms with Crippen LogP contribution in [-0.2, 0) is 6.54 Å². The van der Waals surface area contributed by atoms with E-state index in [-0.39, 0.29) is 0 Å². The van der Waals surface area contributed by atoms with E-state index in [2.05, 4.69) is 5.32 Å². The Bertz CT molecular complexity index is 543. The third-order valence-corrected chi connectivity index (χ3v) is 2.89. The highest BCUT2D eigenvalue weighted by Gasteiger charge is 2.01. The van der Waals surface area contributed by atoms with Crippen molar-refractivity contribution in [2.45, 2.75) is 6.54 Å². The van der Waals surface area contributed by atoms with Crippen molar-refractivity contribution < 1.29 is 4.74 Å². The molecule has 94 valence electrons. The van der Waals surface area contributed by atoms with Crippen molar-refractivity contribution >= 4 is 23.0 Å². The molecule has 0 fully saturated rings. The Labute approximate surface area is 112 Å². The molecule has 0 aliphatic heterocycles. The number of benzene rings is 2. The molecule has 0 saturated carbocycles. The van der Waals surface area contributed by atoms with Gasteiger partial charge in [0.2, 0.25) is 0 Å². The Morgan fingerprint density at radius 3 is 2.72 bits per heavy atom. The van der Waals surface area contributed by atoms with Crippen LogP contribution in [-0.4, -0.2) is 7.11 Å². The maximum Gasteiger partial charge on any atom is 0.137 e. The topological polar surface area (TPSA) is 47.3 Å². The molecule has 18 heavy (non-hydrogen) atoms. The first-order valence-electron chi connectivity index (χ1n) is 5.61. The minimum absolute atomic E-state index is 0.593. The molecule has 0 amide bonds. The normalized spacial score (nSPS) is 10.1. The van der Waals surface area contributed by atoms with Crippen LogP contribution in [0.25, 0.3) is 0 Å². The number of nitrogens with one attached hydrogen (secondary N) is 1. The summed E-state index contributed by atoms with van der Waals surface area (Å²) in [6.45, 7) is 0.702. The molecule has 3 N–H and O–H groups in total. The lowest BCUT2D eigenvalue weighted by atomic mass is 10.2. The van der Waals surface area contributed by atoms with Crippen LogP contribution in [0.3, 0.4) is 0 Å². The van der Waals surface area contributed by atoms with E-state index >= 15 is 0 Å². The van der Waals surface area contributed by atoms with Crippen LogP contribution in [0.15, 0.2) is 42.5 Å². The van der Waals surface area contributed by atoms with E-state index in [4.69, 9.17) is 22.1 Å². The summed E-state index contributed by atoms with van der Waals surface area (Å²) in [5, 5.41) is 3.88. The molecule has 0 bridgehead atoms. The zero-order chi connectivity index (χ0) is 13.0. The third-order valence-electron chi connectivity index (χ3n) is 2.60. The van der Waals surface area contributed by atoms with Crippen molar-refractivity contribution in [3.05, 3.63) is 53.1 Å². The number of halogens is 1. The smallest absolute Gasteiger partial charge is 0.137 e. The summed E-state index contributed by atoms with van der Waals surface area (Å²) in [5.41, 5.74) is 8.56. The van der Waals surface area contributed by atoms with Gasteiger partial charge in [-0.2, -0.15) is 0 Å². The highest BCUT2D eigenvalue weighted by atomic mass is 35.5. The summed E-state index contributed by atoms with van der Waals surface area (Å²) in [5.74, 6) is 0.672. The van der Waals surface area contributed by atoms with E-state index in [1.54, 1.807) is 7.11 Å². The van der Waals surface area contributed by atoms with E-state index in [0.29, 0.717) is 17.3 Å². The Kier molecular flexibility index (Phi) is 3.95. The van der Waals surface area contributed by atoms with Crippen LogP contribution in [0.2, 0.25) is 5.02 Å². The van der Waals surface area contributed by atoms with Crippen molar-refractivity contribution in [2.75, 3.05) is 18.2 Å². The molecule has 0 unspecified atom stereocenters. The van der Waals surface area contributed by atoms with E-state index < -0.39 is 0 Å². The summed E-state index contributed by atoms with van der Waals surface area (Å²) >= 11 is 6.05. The molecular formula is C14H15ClN2O. The Balaban J connectivity index is 2.04. The van der Waals surface area contributed by atoms with Crippen molar-refractivity contribution in [3.63, 3.8) is 0 Å². The van der Waals surface area contributed by atoms with Gasteiger partial charge in [0.05, 0.1) is 12.1 Å². The van der Waals surface area contributed by atoms with Crippen LogP contribution in [0, 0.1) is 0 Å². The molecule has 2 aromatic carbocycles. The predicted octanol–water partition coefficient (Wildman–Crippen LogP) is 3.54. The molecule has 0 aliphatic carbocycles. The molecule has 0 atom stereocenters. The lowest BCUT2D eigenvalue weighted by molar-refractivity contribution is 0.415. The van der Waals surface area contributed by atoms with Gasteiger partial charge < -0.3 is 15.8 Å². The van der Waals surface area contributed by atoms with Gasteiger partial charge in [0.1, 0.15) is 5.75 Å². The minimum atomic E-state index is 0.593. The molecule has 0 saturated heterocycles. The van der Waals surface area contributed by atoms with Crippen molar-refractivity contribution in [1.82, 2.24) is 0 Å².